The Morgan fingerprint density at radius 3 is 2.79 bits per heavy atom. The number of rotatable bonds is 5. The van der Waals surface area contributed by atoms with Gasteiger partial charge >= 0.3 is 0 Å². The minimum atomic E-state index is 0.568. The van der Waals surface area contributed by atoms with Crippen LogP contribution < -0.4 is 10.5 Å². The van der Waals surface area contributed by atoms with E-state index in [9.17, 15) is 0 Å². The third-order valence-corrected chi connectivity index (χ3v) is 1.90. The molecule has 0 atom stereocenters. The van der Waals surface area contributed by atoms with Crippen molar-refractivity contribution < 1.29 is 9.47 Å². The molecule has 0 amide bonds. The van der Waals surface area contributed by atoms with Gasteiger partial charge in [0.25, 0.3) is 0 Å². The van der Waals surface area contributed by atoms with Crippen molar-refractivity contribution in [3.63, 3.8) is 0 Å². The van der Waals surface area contributed by atoms with E-state index >= 15 is 0 Å². The summed E-state index contributed by atoms with van der Waals surface area (Å²) in [6.45, 7) is 5.86. The molecule has 0 unspecified atom stereocenters. The number of hydrogen-bond donors (Lipinski definition) is 1. The molecular weight excluding hydrogens is 178 g/mol. The van der Waals surface area contributed by atoms with Crippen LogP contribution in [0.1, 0.15) is 12.5 Å². The molecule has 2 N–H and O–H groups in total. The van der Waals surface area contributed by atoms with Crippen LogP contribution in [0.4, 0.5) is 5.69 Å². The van der Waals surface area contributed by atoms with E-state index in [0.29, 0.717) is 13.2 Å². The molecule has 78 valence electrons. The van der Waals surface area contributed by atoms with E-state index < -0.39 is 0 Å². The van der Waals surface area contributed by atoms with Gasteiger partial charge in [-0.2, -0.15) is 0 Å². The van der Waals surface area contributed by atoms with E-state index in [1.54, 1.807) is 0 Å². The Labute approximate surface area is 84.8 Å². The normalized spacial score (nSPS) is 10.1. The molecule has 1 aromatic rings. The topological polar surface area (TPSA) is 44.5 Å². The maximum absolute atomic E-state index is 5.65. The molecule has 3 nitrogen and oxygen atoms in total. The van der Waals surface area contributed by atoms with Crippen LogP contribution in [0.25, 0.3) is 0 Å². The number of nitrogen functional groups attached to an aromatic ring is 1. The van der Waals surface area contributed by atoms with Crippen LogP contribution in [0.3, 0.4) is 0 Å². The van der Waals surface area contributed by atoms with Crippen molar-refractivity contribution >= 4 is 5.69 Å². The second-order valence-electron chi connectivity index (χ2n) is 3.07. The fourth-order valence-electron chi connectivity index (χ4n) is 1.13. The standard InChI is InChI=1S/C11H17NO2/c1-3-13-6-7-14-11-8-10(12)5-4-9(11)2/h4-5,8H,3,6-7,12H2,1-2H3. The summed E-state index contributed by atoms with van der Waals surface area (Å²) in [6, 6.07) is 5.65. The molecule has 1 rings (SSSR count). The summed E-state index contributed by atoms with van der Waals surface area (Å²) >= 11 is 0. The summed E-state index contributed by atoms with van der Waals surface area (Å²) in [4.78, 5) is 0. The average Bonchev–Trinajstić information content (AvgIpc) is 2.18. The summed E-state index contributed by atoms with van der Waals surface area (Å²) in [7, 11) is 0. The van der Waals surface area contributed by atoms with Gasteiger partial charge in [0.05, 0.1) is 6.61 Å². The number of benzene rings is 1. The smallest absolute Gasteiger partial charge is 0.124 e. The number of nitrogens with two attached hydrogens (primary N) is 1. The predicted octanol–water partition coefficient (Wildman–Crippen LogP) is 1.99. The van der Waals surface area contributed by atoms with E-state index in [2.05, 4.69) is 0 Å². The zero-order valence-electron chi connectivity index (χ0n) is 8.75. The van der Waals surface area contributed by atoms with Gasteiger partial charge < -0.3 is 15.2 Å². The van der Waals surface area contributed by atoms with Crippen molar-refractivity contribution in [3.05, 3.63) is 23.8 Å². The van der Waals surface area contributed by atoms with Crippen LogP contribution in [0.15, 0.2) is 18.2 Å². The quantitative estimate of drug-likeness (QED) is 0.577. The number of anilines is 1. The largest absolute Gasteiger partial charge is 0.491 e. The van der Waals surface area contributed by atoms with Crippen molar-refractivity contribution in [3.8, 4) is 5.75 Å². The lowest BCUT2D eigenvalue weighted by molar-refractivity contribution is 0.110. The summed E-state index contributed by atoms with van der Waals surface area (Å²) < 4.78 is 10.7. The third kappa shape index (κ3) is 3.26. The molecule has 0 saturated carbocycles. The summed E-state index contributed by atoms with van der Waals surface area (Å²) in [5.41, 5.74) is 7.46. The van der Waals surface area contributed by atoms with Crippen molar-refractivity contribution in [2.75, 3.05) is 25.6 Å². The van der Waals surface area contributed by atoms with Crippen molar-refractivity contribution in [2.24, 2.45) is 0 Å². The van der Waals surface area contributed by atoms with Crippen LogP contribution >= 0.6 is 0 Å². The number of hydrogen-bond acceptors (Lipinski definition) is 3. The molecule has 0 aliphatic carbocycles. The first-order valence-corrected chi connectivity index (χ1v) is 4.80. The van der Waals surface area contributed by atoms with E-state index in [1.165, 1.54) is 0 Å². The van der Waals surface area contributed by atoms with Gasteiger partial charge in [0.15, 0.2) is 0 Å². The fourth-order valence-corrected chi connectivity index (χ4v) is 1.13. The molecule has 0 heterocycles. The Morgan fingerprint density at radius 2 is 2.07 bits per heavy atom. The second kappa shape index (κ2) is 5.50. The SMILES string of the molecule is CCOCCOc1cc(N)ccc1C. The maximum Gasteiger partial charge on any atom is 0.124 e. The summed E-state index contributed by atoms with van der Waals surface area (Å²) in [5.74, 6) is 0.838. The Balaban J connectivity index is 2.45. The van der Waals surface area contributed by atoms with Crippen LogP contribution in [-0.4, -0.2) is 19.8 Å². The van der Waals surface area contributed by atoms with E-state index in [0.717, 1.165) is 23.6 Å². The molecule has 0 bridgehead atoms. The van der Waals surface area contributed by atoms with Gasteiger partial charge in [-0.1, -0.05) is 6.07 Å². The zero-order valence-corrected chi connectivity index (χ0v) is 8.75. The maximum atomic E-state index is 5.65. The Morgan fingerprint density at radius 1 is 1.29 bits per heavy atom. The Bertz CT molecular complexity index is 287. The molecule has 0 saturated heterocycles. The molecule has 0 spiro atoms. The first-order valence-electron chi connectivity index (χ1n) is 4.80. The summed E-state index contributed by atoms with van der Waals surface area (Å²) in [5, 5.41) is 0. The molecular formula is C11H17NO2. The highest BCUT2D eigenvalue weighted by Crippen LogP contribution is 2.20. The Kier molecular flexibility index (Phi) is 4.26. The van der Waals surface area contributed by atoms with Crippen LogP contribution in [0.2, 0.25) is 0 Å². The van der Waals surface area contributed by atoms with E-state index in [1.807, 2.05) is 32.0 Å². The van der Waals surface area contributed by atoms with Crippen LogP contribution in [0.5, 0.6) is 5.75 Å². The third-order valence-electron chi connectivity index (χ3n) is 1.90. The van der Waals surface area contributed by atoms with Gasteiger partial charge in [-0.05, 0) is 25.5 Å². The highest BCUT2D eigenvalue weighted by molar-refractivity contribution is 5.47. The number of aryl methyl sites for hydroxylation is 1. The lowest BCUT2D eigenvalue weighted by Crippen LogP contribution is -2.07. The van der Waals surface area contributed by atoms with Crippen LogP contribution in [0, 0.1) is 6.92 Å². The Hall–Kier alpha value is -1.22. The molecule has 0 radical (unpaired) electrons. The highest BCUT2D eigenvalue weighted by atomic mass is 16.5. The molecule has 0 aliphatic rings. The lowest BCUT2D eigenvalue weighted by Gasteiger charge is -2.09. The molecule has 0 aliphatic heterocycles. The predicted molar refractivity (Wildman–Crippen MR) is 57.6 cm³/mol. The molecule has 0 aromatic heterocycles. The van der Waals surface area contributed by atoms with Gasteiger partial charge in [0, 0.05) is 18.4 Å². The van der Waals surface area contributed by atoms with Crippen LogP contribution in [-0.2, 0) is 4.74 Å². The van der Waals surface area contributed by atoms with Gasteiger partial charge in [-0.15, -0.1) is 0 Å². The summed E-state index contributed by atoms with van der Waals surface area (Å²) in [6.07, 6.45) is 0. The number of ether oxygens (including phenoxy) is 2. The first kappa shape index (κ1) is 10.9. The monoisotopic (exact) mass is 195 g/mol. The van der Waals surface area contributed by atoms with E-state index in [4.69, 9.17) is 15.2 Å². The minimum absolute atomic E-state index is 0.568. The molecule has 1 aromatic carbocycles. The van der Waals surface area contributed by atoms with Gasteiger partial charge in [0.1, 0.15) is 12.4 Å². The van der Waals surface area contributed by atoms with Crippen molar-refractivity contribution in [2.45, 2.75) is 13.8 Å². The second-order valence-corrected chi connectivity index (χ2v) is 3.07. The van der Waals surface area contributed by atoms with Gasteiger partial charge in [-0.25, -0.2) is 0 Å². The van der Waals surface area contributed by atoms with Crippen molar-refractivity contribution in [1.29, 1.82) is 0 Å². The molecule has 0 fully saturated rings. The molecule has 3 heteroatoms. The zero-order chi connectivity index (χ0) is 10.4. The van der Waals surface area contributed by atoms with Crippen molar-refractivity contribution in [1.82, 2.24) is 0 Å². The van der Waals surface area contributed by atoms with E-state index in [-0.39, 0.29) is 0 Å². The fraction of sp³-hybridized carbons (Fsp3) is 0.455. The minimum Gasteiger partial charge on any atom is -0.491 e. The average molecular weight is 195 g/mol. The van der Waals surface area contributed by atoms with Gasteiger partial charge in [-0.3, -0.25) is 0 Å². The lowest BCUT2D eigenvalue weighted by atomic mass is 10.2. The van der Waals surface area contributed by atoms with Gasteiger partial charge in [0.2, 0.25) is 0 Å². The first-order chi connectivity index (χ1) is 6.74. The molecule has 14 heavy (non-hydrogen) atoms. The highest BCUT2D eigenvalue weighted by Gasteiger charge is 1.99.